The number of halogens is 2. The summed E-state index contributed by atoms with van der Waals surface area (Å²) in [5, 5.41) is 10.6. The first-order valence-corrected chi connectivity index (χ1v) is 7.31. The molecule has 0 bridgehead atoms. The van der Waals surface area contributed by atoms with Gasteiger partial charge in [0.1, 0.15) is 5.82 Å². The second-order valence-electron chi connectivity index (χ2n) is 4.26. The van der Waals surface area contributed by atoms with Gasteiger partial charge in [-0.1, -0.05) is 29.8 Å². The van der Waals surface area contributed by atoms with E-state index in [1.165, 1.54) is 23.9 Å². The third-order valence-corrected chi connectivity index (χ3v) is 3.97. The topological polar surface area (TPSA) is 20.2 Å². The first kappa shape index (κ1) is 14.4. The summed E-state index contributed by atoms with van der Waals surface area (Å²) >= 11 is 7.33. The highest BCUT2D eigenvalue weighted by molar-refractivity contribution is 7.99. The van der Waals surface area contributed by atoms with E-state index in [2.05, 4.69) is 0 Å². The molecular formula is C15H14ClFOS. The van der Waals surface area contributed by atoms with Crippen LogP contribution in [0.5, 0.6) is 0 Å². The first-order chi connectivity index (χ1) is 9.13. The molecule has 19 heavy (non-hydrogen) atoms. The summed E-state index contributed by atoms with van der Waals surface area (Å²) in [5.41, 5.74) is 1.000. The summed E-state index contributed by atoms with van der Waals surface area (Å²) in [5.74, 6) is 0.269. The Balaban J connectivity index is 1.86. The predicted molar refractivity (Wildman–Crippen MR) is 78.3 cm³/mol. The fourth-order valence-electron chi connectivity index (χ4n) is 1.74. The SMILES string of the molecule is OC(CSc1cccc(F)c1)Cc1cccc(Cl)c1. The molecule has 1 N–H and O–H groups in total. The number of hydrogen-bond acceptors (Lipinski definition) is 2. The molecule has 1 atom stereocenters. The average molecular weight is 297 g/mol. The van der Waals surface area contributed by atoms with Crippen molar-refractivity contribution in [2.75, 3.05) is 5.75 Å². The fraction of sp³-hybridized carbons (Fsp3) is 0.200. The van der Waals surface area contributed by atoms with E-state index in [1.54, 1.807) is 12.1 Å². The quantitative estimate of drug-likeness (QED) is 0.836. The summed E-state index contributed by atoms with van der Waals surface area (Å²) in [7, 11) is 0. The van der Waals surface area contributed by atoms with Crippen LogP contribution in [0.25, 0.3) is 0 Å². The molecule has 0 spiro atoms. The lowest BCUT2D eigenvalue weighted by Gasteiger charge is -2.10. The second kappa shape index (κ2) is 6.94. The van der Waals surface area contributed by atoms with Crippen LogP contribution >= 0.6 is 23.4 Å². The van der Waals surface area contributed by atoms with Crippen molar-refractivity contribution in [2.24, 2.45) is 0 Å². The highest BCUT2D eigenvalue weighted by Crippen LogP contribution is 2.21. The van der Waals surface area contributed by atoms with E-state index in [9.17, 15) is 9.50 Å². The molecule has 0 saturated carbocycles. The van der Waals surface area contributed by atoms with E-state index in [-0.39, 0.29) is 5.82 Å². The minimum Gasteiger partial charge on any atom is -0.392 e. The van der Waals surface area contributed by atoms with Gasteiger partial charge >= 0.3 is 0 Å². The third kappa shape index (κ3) is 4.86. The Morgan fingerprint density at radius 2 is 1.95 bits per heavy atom. The summed E-state index contributed by atoms with van der Waals surface area (Å²) in [6.45, 7) is 0. The van der Waals surface area contributed by atoms with E-state index in [0.717, 1.165) is 10.5 Å². The van der Waals surface area contributed by atoms with Crippen LogP contribution in [0.1, 0.15) is 5.56 Å². The van der Waals surface area contributed by atoms with Gasteiger partial charge in [-0.05, 0) is 42.3 Å². The van der Waals surface area contributed by atoms with Crippen molar-refractivity contribution in [1.82, 2.24) is 0 Å². The molecule has 0 saturated heterocycles. The van der Waals surface area contributed by atoms with Crippen molar-refractivity contribution >= 4 is 23.4 Å². The number of aliphatic hydroxyl groups is 1. The monoisotopic (exact) mass is 296 g/mol. The molecule has 0 heterocycles. The van der Waals surface area contributed by atoms with Crippen molar-refractivity contribution in [3.8, 4) is 0 Å². The Hall–Kier alpha value is -1.03. The Bertz CT molecular complexity index is 547. The largest absolute Gasteiger partial charge is 0.392 e. The van der Waals surface area contributed by atoms with E-state index in [4.69, 9.17) is 11.6 Å². The van der Waals surface area contributed by atoms with Gasteiger partial charge in [0, 0.05) is 15.7 Å². The van der Waals surface area contributed by atoms with Crippen molar-refractivity contribution in [3.05, 3.63) is 64.9 Å². The van der Waals surface area contributed by atoms with Crippen LogP contribution in [0.15, 0.2) is 53.4 Å². The van der Waals surface area contributed by atoms with E-state index >= 15 is 0 Å². The lowest BCUT2D eigenvalue weighted by molar-refractivity contribution is 0.200. The van der Waals surface area contributed by atoms with E-state index in [1.807, 2.05) is 24.3 Å². The smallest absolute Gasteiger partial charge is 0.124 e. The number of benzene rings is 2. The molecule has 100 valence electrons. The van der Waals surface area contributed by atoms with Gasteiger partial charge in [0.25, 0.3) is 0 Å². The Morgan fingerprint density at radius 1 is 1.16 bits per heavy atom. The maximum absolute atomic E-state index is 13.0. The summed E-state index contributed by atoms with van der Waals surface area (Å²) in [6.07, 6.45) is 0.0646. The molecule has 0 aliphatic carbocycles. The van der Waals surface area contributed by atoms with Crippen LogP contribution in [-0.4, -0.2) is 17.0 Å². The molecule has 0 radical (unpaired) electrons. The summed E-state index contributed by atoms with van der Waals surface area (Å²) in [6, 6.07) is 13.8. The second-order valence-corrected chi connectivity index (χ2v) is 5.79. The molecule has 0 fully saturated rings. The lowest BCUT2D eigenvalue weighted by Crippen LogP contribution is -2.13. The summed E-state index contributed by atoms with van der Waals surface area (Å²) < 4.78 is 13.0. The van der Waals surface area contributed by atoms with Crippen LogP contribution in [0, 0.1) is 5.82 Å². The zero-order chi connectivity index (χ0) is 13.7. The van der Waals surface area contributed by atoms with Gasteiger partial charge in [-0.15, -0.1) is 11.8 Å². The molecule has 2 aromatic carbocycles. The van der Waals surface area contributed by atoms with Gasteiger partial charge in [0.15, 0.2) is 0 Å². The van der Waals surface area contributed by atoms with Crippen molar-refractivity contribution in [2.45, 2.75) is 17.4 Å². The fourth-order valence-corrected chi connectivity index (χ4v) is 2.83. The molecule has 0 amide bonds. The molecular weight excluding hydrogens is 283 g/mol. The highest BCUT2D eigenvalue weighted by Gasteiger charge is 2.07. The zero-order valence-electron chi connectivity index (χ0n) is 10.2. The minimum atomic E-state index is -0.480. The van der Waals surface area contributed by atoms with E-state index in [0.29, 0.717) is 17.2 Å². The van der Waals surface area contributed by atoms with Gasteiger partial charge in [0.05, 0.1) is 6.10 Å². The predicted octanol–water partition coefficient (Wildman–Crippen LogP) is 4.17. The molecule has 0 aromatic heterocycles. The van der Waals surface area contributed by atoms with Crippen molar-refractivity contribution in [3.63, 3.8) is 0 Å². The number of hydrogen-bond donors (Lipinski definition) is 1. The maximum atomic E-state index is 13.0. The average Bonchev–Trinajstić information content (AvgIpc) is 2.36. The van der Waals surface area contributed by atoms with Gasteiger partial charge < -0.3 is 5.11 Å². The molecule has 2 rings (SSSR count). The first-order valence-electron chi connectivity index (χ1n) is 5.94. The Labute approximate surface area is 121 Å². The molecule has 4 heteroatoms. The van der Waals surface area contributed by atoms with Crippen molar-refractivity contribution in [1.29, 1.82) is 0 Å². The van der Waals surface area contributed by atoms with Crippen molar-refractivity contribution < 1.29 is 9.50 Å². The third-order valence-electron chi connectivity index (χ3n) is 2.60. The highest BCUT2D eigenvalue weighted by atomic mass is 35.5. The summed E-state index contributed by atoms with van der Waals surface area (Å²) in [4.78, 5) is 0.824. The number of aliphatic hydroxyl groups excluding tert-OH is 1. The molecule has 1 nitrogen and oxygen atoms in total. The normalized spacial score (nSPS) is 12.4. The van der Waals surface area contributed by atoms with Gasteiger partial charge in [-0.3, -0.25) is 0 Å². The minimum absolute atomic E-state index is 0.255. The van der Waals surface area contributed by atoms with Crippen LogP contribution in [0.2, 0.25) is 5.02 Å². The van der Waals surface area contributed by atoms with Gasteiger partial charge in [-0.2, -0.15) is 0 Å². The molecule has 0 aliphatic heterocycles. The maximum Gasteiger partial charge on any atom is 0.124 e. The molecule has 1 unspecified atom stereocenters. The molecule has 0 aliphatic rings. The Kier molecular flexibility index (Phi) is 5.25. The zero-order valence-corrected chi connectivity index (χ0v) is 11.8. The Morgan fingerprint density at radius 3 is 2.68 bits per heavy atom. The van der Waals surface area contributed by atoms with Gasteiger partial charge in [-0.25, -0.2) is 4.39 Å². The van der Waals surface area contributed by atoms with Crippen LogP contribution in [0.4, 0.5) is 4.39 Å². The van der Waals surface area contributed by atoms with Crippen LogP contribution in [0.3, 0.4) is 0 Å². The lowest BCUT2D eigenvalue weighted by atomic mass is 10.1. The van der Waals surface area contributed by atoms with Gasteiger partial charge in [0.2, 0.25) is 0 Å². The standard InChI is InChI=1S/C15H14ClFOS/c16-12-4-1-3-11(7-12)8-14(18)10-19-15-6-2-5-13(17)9-15/h1-7,9,14,18H,8,10H2. The number of thioether (sulfide) groups is 1. The molecule has 2 aromatic rings. The van der Waals surface area contributed by atoms with E-state index < -0.39 is 6.10 Å². The van der Waals surface area contributed by atoms with Crippen LogP contribution < -0.4 is 0 Å². The number of rotatable bonds is 5. The van der Waals surface area contributed by atoms with Crippen LogP contribution in [-0.2, 0) is 6.42 Å².